The molecule has 16 heavy (non-hydrogen) atoms. The third-order valence-electron chi connectivity index (χ3n) is 2.62. The zero-order valence-electron chi connectivity index (χ0n) is 7.77. The van der Waals surface area contributed by atoms with E-state index in [0.717, 1.165) is 35.4 Å². The highest BCUT2D eigenvalue weighted by Gasteiger charge is 2.25. The quantitative estimate of drug-likeness (QED) is 0.676. The monoisotopic (exact) mass is 403 g/mol. The van der Waals surface area contributed by atoms with Crippen LogP contribution < -0.4 is 5.32 Å². The number of amides is 1. The fraction of sp³-hybridized carbons (Fsp3) is 0. The molecule has 0 saturated heterocycles. The van der Waals surface area contributed by atoms with Gasteiger partial charge in [0.05, 0.1) is 5.69 Å². The summed E-state index contributed by atoms with van der Waals surface area (Å²) in [4.78, 5) is 11.8. The van der Waals surface area contributed by atoms with Gasteiger partial charge in [-0.3, -0.25) is 4.79 Å². The molecule has 0 bridgehead atoms. The Kier molecular flexibility index (Phi) is 2.38. The lowest BCUT2D eigenvalue weighted by molar-refractivity contribution is 0.103. The first kappa shape index (κ1) is 10.7. The van der Waals surface area contributed by atoms with Gasteiger partial charge in [-0.05, 0) is 34.1 Å². The highest BCUT2D eigenvalue weighted by atomic mass is 79.9. The van der Waals surface area contributed by atoms with E-state index in [1.165, 1.54) is 0 Å². The van der Waals surface area contributed by atoms with E-state index >= 15 is 0 Å². The van der Waals surface area contributed by atoms with Crippen LogP contribution in [0, 0.1) is 0 Å². The van der Waals surface area contributed by atoms with Crippen molar-refractivity contribution in [2.24, 2.45) is 0 Å². The Bertz CT molecular complexity index is 651. The second-order valence-electron chi connectivity index (χ2n) is 3.51. The lowest BCUT2D eigenvalue weighted by Crippen LogP contribution is -2.04. The Balaban J connectivity index is 2.62. The number of carbonyl (C=O) groups is 1. The molecule has 0 spiro atoms. The van der Waals surface area contributed by atoms with Crippen molar-refractivity contribution in [2.45, 2.75) is 0 Å². The summed E-state index contributed by atoms with van der Waals surface area (Å²) in [6.07, 6.45) is 0. The topological polar surface area (TPSA) is 29.1 Å². The average Bonchev–Trinajstić information content (AvgIpc) is 2.55. The highest BCUT2D eigenvalue weighted by Crippen LogP contribution is 2.44. The van der Waals surface area contributed by atoms with Gasteiger partial charge in [-0.1, -0.05) is 31.9 Å². The van der Waals surface area contributed by atoms with E-state index in [9.17, 15) is 4.79 Å². The predicted octanol–water partition coefficient (Wildman–Crippen LogP) is 4.69. The molecule has 2 aromatic rings. The van der Waals surface area contributed by atoms with E-state index in [1.54, 1.807) is 0 Å². The zero-order valence-corrected chi connectivity index (χ0v) is 12.5. The van der Waals surface area contributed by atoms with Crippen LogP contribution in [0.1, 0.15) is 10.4 Å². The Morgan fingerprint density at radius 2 is 1.69 bits per heavy atom. The van der Waals surface area contributed by atoms with E-state index in [0.29, 0.717) is 0 Å². The number of anilines is 1. The molecule has 80 valence electrons. The van der Waals surface area contributed by atoms with Crippen molar-refractivity contribution < 1.29 is 4.79 Å². The van der Waals surface area contributed by atoms with Gasteiger partial charge in [0, 0.05) is 29.8 Å². The van der Waals surface area contributed by atoms with Crippen LogP contribution in [0.25, 0.3) is 10.8 Å². The lowest BCUT2D eigenvalue weighted by atomic mass is 10.1. The molecule has 0 aliphatic carbocycles. The molecular formula is C11H4Br3NO. The molecule has 0 unspecified atom stereocenters. The summed E-state index contributed by atoms with van der Waals surface area (Å²) in [6.45, 7) is 0. The maximum absolute atomic E-state index is 11.8. The Labute approximate surface area is 117 Å². The van der Waals surface area contributed by atoms with Gasteiger partial charge in [-0.2, -0.15) is 0 Å². The fourth-order valence-corrected chi connectivity index (χ4v) is 4.22. The first-order valence-electron chi connectivity index (χ1n) is 4.51. The number of halogens is 3. The second kappa shape index (κ2) is 3.55. The summed E-state index contributed by atoms with van der Waals surface area (Å²) in [5.41, 5.74) is 1.56. The molecule has 0 aromatic heterocycles. The normalized spacial score (nSPS) is 13.3. The van der Waals surface area contributed by atoms with Crippen molar-refractivity contribution in [3.8, 4) is 0 Å². The third-order valence-corrected chi connectivity index (χ3v) is 4.53. The Morgan fingerprint density at radius 3 is 2.44 bits per heavy atom. The molecule has 2 nitrogen and oxygen atoms in total. The number of carbonyl (C=O) groups excluding carboxylic acids is 1. The van der Waals surface area contributed by atoms with Crippen LogP contribution in [0.4, 0.5) is 5.69 Å². The van der Waals surface area contributed by atoms with Crippen LogP contribution in [-0.4, -0.2) is 5.91 Å². The van der Waals surface area contributed by atoms with Gasteiger partial charge in [0.25, 0.3) is 5.91 Å². The Hall–Kier alpha value is -0.390. The van der Waals surface area contributed by atoms with Gasteiger partial charge in [-0.15, -0.1) is 0 Å². The van der Waals surface area contributed by atoms with Crippen LogP contribution in [0.3, 0.4) is 0 Å². The summed E-state index contributed by atoms with van der Waals surface area (Å²) in [5.74, 6) is -0.0497. The standard InChI is InChI=1S/C11H4Br3NO/c12-5-2-1-4-8-9(5)6(13)3-7(14)10(8)15-11(4)16/h1-3H,(H,15,16). The summed E-state index contributed by atoms with van der Waals surface area (Å²) in [5, 5.41) is 4.85. The van der Waals surface area contributed by atoms with Gasteiger partial charge >= 0.3 is 0 Å². The predicted molar refractivity (Wildman–Crippen MR) is 75.0 cm³/mol. The van der Waals surface area contributed by atoms with Gasteiger partial charge < -0.3 is 5.32 Å². The number of hydrogen-bond acceptors (Lipinski definition) is 1. The molecule has 1 amide bonds. The molecular weight excluding hydrogens is 402 g/mol. The fourth-order valence-electron chi connectivity index (χ4n) is 1.94. The number of hydrogen-bond donors (Lipinski definition) is 1. The summed E-state index contributed by atoms with van der Waals surface area (Å²) >= 11 is 10.5. The number of benzene rings is 2. The van der Waals surface area contributed by atoms with Crippen LogP contribution in [0.5, 0.6) is 0 Å². The third kappa shape index (κ3) is 1.31. The summed E-state index contributed by atoms with van der Waals surface area (Å²) < 4.78 is 2.82. The molecule has 0 fully saturated rings. The molecule has 1 aliphatic rings. The van der Waals surface area contributed by atoms with Crippen LogP contribution in [-0.2, 0) is 0 Å². The zero-order chi connectivity index (χ0) is 11.4. The number of rotatable bonds is 0. The lowest BCUT2D eigenvalue weighted by Gasteiger charge is -2.07. The molecule has 1 aliphatic heterocycles. The molecule has 2 aromatic carbocycles. The van der Waals surface area contributed by atoms with E-state index in [4.69, 9.17) is 0 Å². The summed E-state index contributed by atoms with van der Waals surface area (Å²) in [6, 6.07) is 5.67. The van der Waals surface area contributed by atoms with Crippen molar-refractivity contribution in [2.75, 3.05) is 5.32 Å². The Morgan fingerprint density at radius 1 is 0.938 bits per heavy atom. The maximum atomic E-state index is 11.8. The van der Waals surface area contributed by atoms with E-state index in [2.05, 4.69) is 53.1 Å². The van der Waals surface area contributed by atoms with Crippen molar-refractivity contribution in [3.63, 3.8) is 0 Å². The molecule has 3 rings (SSSR count). The first-order valence-corrected chi connectivity index (χ1v) is 6.89. The molecule has 0 saturated carbocycles. The minimum absolute atomic E-state index is 0.0497. The molecule has 0 atom stereocenters. The average molecular weight is 406 g/mol. The minimum Gasteiger partial charge on any atom is -0.320 e. The first-order chi connectivity index (χ1) is 7.59. The van der Waals surface area contributed by atoms with Gasteiger partial charge in [0.2, 0.25) is 0 Å². The second-order valence-corrected chi connectivity index (χ2v) is 6.08. The van der Waals surface area contributed by atoms with Crippen molar-refractivity contribution in [1.29, 1.82) is 0 Å². The molecule has 1 N–H and O–H groups in total. The van der Waals surface area contributed by atoms with Crippen molar-refractivity contribution in [1.82, 2.24) is 0 Å². The van der Waals surface area contributed by atoms with E-state index in [1.807, 2.05) is 18.2 Å². The minimum atomic E-state index is -0.0497. The van der Waals surface area contributed by atoms with E-state index < -0.39 is 0 Å². The molecule has 1 heterocycles. The van der Waals surface area contributed by atoms with Gasteiger partial charge in [-0.25, -0.2) is 0 Å². The largest absolute Gasteiger partial charge is 0.320 e. The number of nitrogens with one attached hydrogen (secondary N) is 1. The van der Waals surface area contributed by atoms with Gasteiger partial charge in [0.15, 0.2) is 0 Å². The van der Waals surface area contributed by atoms with Crippen molar-refractivity contribution in [3.05, 3.63) is 37.2 Å². The van der Waals surface area contributed by atoms with Crippen molar-refractivity contribution >= 4 is 70.2 Å². The van der Waals surface area contributed by atoms with Crippen LogP contribution in [0.15, 0.2) is 31.6 Å². The van der Waals surface area contributed by atoms with Crippen LogP contribution in [0.2, 0.25) is 0 Å². The summed E-state index contributed by atoms with van der Waals surface area (Å²) in [7, 11) is 0. The highest BCUT2D eigenvalue weighted by molar-refractivity contribution is 9.11. The van der Waals surface area contributed by atoms with Crippen LogP contribution >= 0.6 is 47.8 Å². The maximum Gasteiger partial charge on any atom is 0.256 e. The van der Waals surface area contributed by atoms with E-state index in [-0.39, 0.29) is 5.91 Å². The SMILES string of the molecule is O=C1Nc2c(Br)cc(Br)c3c(Br)ccc1c23. The van der Waals surface area contributed by atoms with Gasteiger partial charge in [0.1, 0.15) is 0 Å². The molecule has 0 radical (unpaired) electrons. The smallest absolute Gasteiger partial charge is 0.256 e. The molecule has 5 heteroatoms.